The van der Waals surface area contributed by atoms with Crippen LogP contribution in [0.5, 0.6) is 0 Å². The lowest BCUT2D eigenvalue weighted by atomic mass is 10.5. The molecule has 0 amide bonds. The molecule has 1 aromatic rings. The monoisotopic (exact) mass is 257 g/mol. The van der Waals surface area contributed by atoms with Crippen LogP contribution >= 0.6 is 24.8 Å². The number of aromatic amines is 1. The van der Waals surface area contributed by atoms with Crippen molar-refractivity contribution < 1.29 is 9.53 Å². The van der Waals surface area contributed by atoms with Gasteiger partial charge in [0.05, 0.1) is 6.61 Å². The molecule has 5 heteroatoms. The molecule has 0 radical (unpaired) electrons. The van der Waals surface area contributed by atoms with Gasteiger partial charge in [0.2, 0.25) is 0 Å². The fourth-order valence-electron chi connectivity index (χ4n) is 0.673. The molecule has 1 heterocycles. The molecule has 0 aliphatic carbocycles. The Labute approximate surface area is 106 Å². The number of carbonyl (C=O) groups is 1. The van der Waals surface area contributed by atoms with E-state index in [0.717, 1.165) is 22.9 Å². The molecule has 3 nitrogen and oxygen atoms in total. The third-order valence-corrected chi connectivity index (χ3v) is 1.96. The van der Waals surface area contributed by atoms with Crippen molar-refractivity contribution >= 4 is 30.8 Å². The summed E-state index contributed by atoms with van der Waals surface area (Å²) in [6.45, 7) is 3.68. The molecule has 0 saturated heterocycles. The van der Waals surface area contributed by atoms with Crippen molar-refractivity contribution in [3.8, 4) is 0 Å². The Balaban J connectivity index is 0.000000288. The van der Waals surface area contributed by atoms with E-state index in [1.807, 2.05) is 24.4 Å². The lowest BCUT2D eigenvalue weighted by Gasteiger charge is -1.96. The molecule has 16 heavy (non-hydrogen) atoms. The Bertz CT molecular complexity index is 346. The minimum absolute atomic E-state index is 0.364. The normalized spacial score (nSPS) is 8.56. The number of hydrogen-bond donors (Lipinski definition) is 2. The van der Waals surface area contributed by atoms with E-state index < -0.39 is 0 Å². The maximum atomic E-state index is 10.3. The van der Waals surface area contributed by atoms with Gasteiger partial charge >= 0.3 is 5.97 Å². The second-order valence-corrected chi connectivity index (χ2v) is 3.56. The predicted molar refractivity (Wildman–Crippen MR) is 71.3 cm³/mol. The van der Waals surface area contributed by atoms with E-state index in [2.05, 4.69) is 28.9 Å². The summed E-state index contributed by atoms with van der Waals surface area (Å²) in [5.41, 5.74) is 0. The molecule has 0 saturated carbocycles. The van der Waals surface area contributed by atoms with Crippen LogP contribution in [-0.2, 0) is 9.53 Å². The van der Waals surface area contributed by atoms with Crippen LogP contribution in [-0.4, -0.2) is 23.3 Å². The SMILES string of the molecule is C=CC(=O)OCCCS.S=c1cccc[nH]1. The highest BCUT2D eigenvalue weighted by Gasteiger charge is 1.91. The van der Waals surface area contributed by atoms with E-state index in [9.17, 15) is 4.79 Å². The van der Waals surface area contributed by atoms with E-state index in [1.54, 1.807) is 0 Å². The predicted octanol–water partition coefficient (Wildman–Crippen LogP) is 2.78. The quantitative estimate of drug-likeness (QED) is 0.286. The average Bonchev–Trinajstić information content (AvgIpc) is 2.31. The zero-order valence-corrected chi connectivity index (χ0v) is 10.6. The maximum absolute atomic E-state index is 10.3. The van der Waals surface area contributed by atoms with Gasteiger partial charge in [0.15, 0.2) is 0 Å². The van der Waals surface area contributed by atoms with Gasteiger partial charge in [0.25, 0.3) is 0 Å². The molecule has 0 aliphatic rings. The van der Waals surface area contributed by atoms with Crippen molar-refractivity contribution in [3.05, 3.63) is 41.7 Å². The zero-order valence-electron chi connectivity index (χ0n) is 8.89. The van der Waals surface area contributed by atoms with Crippen molar-refractivity contribution in [1.29, 1.82) is 0 Å². The number of thiol groups is 1. The van der Waals surface area contributed by atoms with Gasteiger partial charge < -0.3 is 9.72 Å². The number of aromatic nitrogens is 1. The molecule has 0 bridgehead atoms. The van der Waals surface area contributed by atoms with Crippen molar-refractivity contribution in [2.45, 2.75) is 6.42 Å². The lowest BCUT2D eigenvalue weighted by Crippen LogP contribution is -2.01. The summed E-state index contributed by atoms with van der Waals surface area (Å²) in [6, 6.07) is 5.64. The third-order valence-electron chi connectivity index (χ3n) is 1.39. The average molecular weight is 257 g/mol. The number of rotatable bonds is 4. The summed E-state index contributed by atoms with van der Waals surface area (Å²) in [4.78, 5) is 13.2. The number of pyridine rings is 1. The fourth-order valence-corrected chi connectivity index (χ4v) is 0.949. The molecule has 88 valence electrons. The first-order valence-corrected chi connectivity index (χ1v) is 5.78. The number of H-pyrrole nitrogens is 1. The molecule has 1 N–H and O–H groups in total. The smallest absolute Gasteiger partial charge is 0.330 e. The number of nitrogens with one attached hydrogen (secondary N) is 1. The van der Waals surface area contributed by atoms with Crippen LogP contribution < -0.4 is 0 Å². The Morgan fingerprint density at radius 2 is 2.38 bits per heavy atom. The summed E-state index contributed by atoms with van der Waals surface area (Å²) in [5, 5.41) is 0. The Morgan fingerprint density at radius 3 is 2.75 bits per heavy atom. The second-order valence-electron chi connectivity index (χ2n) is 2.68. The van der Waals surface area contributed by atoms with Crippen LogP contribution in [0.25, 0.3) is 0 Å². The first kappa shape index (κ1) is 14.9. The van der Waals surface area contributed by atoms with Crippen LogP contribution in [0.2, 0.25) is 0 Å². The number of esters is 1. The molecule has 1 rings (SSSR count). The highest BCUT2D eigenvalue weighted by Crippen LogP contribution is 1.86. The van der Waals surface area contributed by atoms with Gasteiger partial charge in [-0.3, -0.25) is 0 Å². The molecule has 0 aliphatic heterocycles. The van der Waals surface area contributed by atoms with Gasteiger partial charge in [-0.15, -0.1) is 0 Å². The Kier molecular flexibility index (Phi) is 9.75. The van der Waals surface area contributed by atoms with Crippen molar-refractivity contribution in [1.82, 2.24) is 4.98 Å². The number of ether oxygens (including phenoxy) is 1. The molecule has 0 aromatic carbocycles. The van der Waals surface area contributed by atoms with Crippen LogP contribution in [0, 0.1) is 4.64 Å². The maximum Gasteiger partial charge on any atom is 0.330 e. The van der Waals surface area contributed by atoms with Gasteiger partial charge in [0.1, 0.15) is 4.64 Å². The Morgan fingerprint density at radius 1 is 1.62 bits per heavy atom. The van der Waals surface area contributed by atoms with E-state index in [-0.39, 0.29) is 5.97 Å². The van der Waals surface area contributed by atoms with Crippen molar-refractivity contribution in [2.75, 3.05) is 12.4 Å². The molecular formula is C11H15NO2S2. The summed E-state index contributed by atoms with van der Waals surface area (Å²) in [6.07, 6.45) is 3.75. The van der Waals surface area contributed by atoms with Crippen molar-refractivity contribution in [3.63, 3.8) is 0 Å². The standard InChI is InChI=1S/C6H10O2S.C5H5NS/c1-2-6(7)8-4-3-5-9;7-5-3-1-2-4-6-5/h2,9H,1,3-5H2;1-4H,(H,6,7). The minimum Gasteiger partial charge on any atom is -0.463 e. The van der Waals surface area contributed by atoms with Gasteiger partial charge in [-0.2, -0.15) is 12.6 Å². The summed E-state index contributed by atoms with van der Waals surface area (Å²) in [5.74, 6) is 0.376. The van der Waals surface area contributed by atoms with Gasteiger partial charge in [-0.05, 0) is 24.3 Å². The molecule has 1 aromatic heterocycles. The Hall–Kier alpha value is -1.07. The highest BCUT2D eigenvalue weighted by molar-refractivity contribution is 7.80. The molecule has 0 unspecified atom stereocenters. The summed E-state index contributed by atoms with van der Waals surface area (Å²) >= 11 is 8.69. The van der Waals surface area contributed by atoms with E-state index in [0.29, 0.717) is 6.61 Å². The van der Waals surface area contributed by atoms with E-state index >= 15 is 0 Å². The molecule has 0 fully saturated rings. The van der Waals surface area contributed by atoms with Gasteiger partial charge in [0, 0.05) is 12.3 Å². The zero-order chi connectivity index (χ0) is 12.2. The minimum atomic E-state index is -0.364. The first-order chi connectivity index (χ1) is 7.70. The summed E-state index contributed by atoms with van der Waals surface area (Å²) < 4.78 is 5.41. The van der Waals surface area contributed by atoms with Crippen LogP contribution in [0.1, 0.15) is 6.42 Å². The lowest BCUT2D eigenvalue weighted by molar-refractivity contribution is -0.137. The van der Waals surface area contributed by atoms with Gasteiger partial charge in [-0.25, -0.2) is 4.79 Å². The fraction of sp³-hybridized carbons (Fsp3) is 0.273. The molecule has 0 atom stereocenters. The van der Waals surface area contributed by atoms with Crippen LogP contribution in [0.4, 0.5) is 0 Å². The second kappa shape index (κ2) is 10.4. The largest absolute Gasteiger partial charge is 0.463 e. The van der Waals surface area contributed by atoms with E-state index in [4.69, 9.17) is 12.2 Å². The van der Waals surface area contributed by atoms with Crippen molar-refractivity contribution in [2.24, 2.45) is 0 Å². The number of carbonyl (C=O) groups excluding carboxylic acids is 1. The first-order valence-electron chi connectivity index (χ1n) is 4.74. The summed E-state index contributed by atoms with van der Waals surface area (Å²) in [7, 11) is 0. The van der Waals surface area contributed by atoms with E-state index in [1.165, 1.54) is 0 Å². The van der Waals surface area contributed by atoms with Crippen LogP contribution in [0.3, 0.4) is 0 Å². The topological polar surface area (TPSA) is 42.1 Å². The molecular weight excluding hydrogens is 242 g/mol. The molecule has 0 spiro atoms. The number of hydrogen-bond acceptors (Lipinski definition) is 4. The third kappa shape index (κ3) is 9.48. The van der Waals surface area contributed by atoms with Crippen LogP contribution in [0.15, 0.2) is 37.1 Å². The van der Waals surface area contributed by atoms with Gasteiger partial charge in [-0.1, -0.05) is 24.9 Å². The highest BCUT2D eigenvalue weighted by atomic mass is 32.1.